The van der Waals surface area contributed by atoms with Crippen LogP contribution in [0.25, 0.3) is 0 Å². The number of hydrogen-bond acceptors (Lipinski definition) is 3. The molecule has 0 bridgehead atoms. The third-order valence-electron chi connectivity index (χ3n) is 3.37. The Hall–Kier alpha value is -0.520. The Balaban J connectivity index is 1.80. The smallest absolute Gasteiger partial charge is 0.252 e. The van der Waals surface area contributed by atoms with Crippen LogP contribution in [-0.2, 0) is 0 Å². The molecule has 104 valence electrons. The van der Waals surface area contributed by atoms with E-state index in [2.05, 4.69) is 38.8 Å². The summed E-state index contributed by atoms with van der Waals surface area (Å²) in [4.78, 5) is 15.1. The summed E-state index contributed by atoms with van der Waals surface area (Å²) in [7, 11) is 0. The molecule has 0 radical (unpaired) electrons. The number of nitrogens with one attached hydrogen (secondary N) is 1. The molecule has 1 aliphatic heterocycles. The van der Waals surface area contributed by atoms with Crippen molar-refractivity contribution < 1.29 is 4.79 Å². The Morgan fingerprint density at radius 1 is 1.32 bits per heavy atom. The minimum Gasteiger partial charge on any atom is -0.351 e. The van der Waals surface area contributed by atoms with E-state index in [1.165, 1.54) is 19.3 Å². The molecular weight excluding hydrogens is 324 g/mol. The Labute approximate surface area is 128 Å². The number of nitrogens with zero attached hydrogens (tertiary/aromatic N) is 1. The quantitative estimate of drug-likeness (QED) is 0.824. The van der Waals surface area contributed by atoms with E-state index in [9.17, 15) is 4.79 Å². The van der Waals surface area contributed by atoms with Crippen molar-refractivity contribution in [2.45, 2.75) is 24.2 Å². The van der Waals surface area contributed by atoms with Crippen LogP contribution in [0.2, 0.25) is 0 Å². The van der Waals surface area contributed by atoms with Gasteiger partial charge in [-0.1, -0.05) is 22.4 Å². The largest absolute Gasteiger partial charge is 0.351 e. The van der Waals surface area contributed by atoms with Crippen molar-refractivity contribution in [3.05, 3.63) is 28.2 Å². The summed E-state index contributed by atoms with van der Waals surface area (Å²) in [5, 5.41) is 2.96. The van der Waals surface area contributed by atoms with Gasteiger partial charge in [-0.25, -0.2) is 0 Å². The molecule has 1 amide bonds. The van der Waals surface area contributed by atoms with Gasteiger partial charge < -0.3 is 10.2 Å². The highest BCUT2D eigenvalue weighted by Gasteiger charge is 2.12. The first-order valence-corrected chi connectivity index (χ1v) is 7.90. The van der Waals surface area contributed by atoms with Gasteiger partial charge in [0.05, 0.1) is 5.56 Å². The highest BCUT2D eigenvalue weighted by Crippen LogP contribution is 2.19. The van der Waals surface area contributed by atoms with E-state index in [0.29, 0.717) is 17.0 Å². The van der Waals surface area contributed by atoms with Crippen LogP contribution in [0.15, 0.2) is 27.6 Å². The van der Waals surface area contributed by atoms with Crippen molar-refractivity contribution in [3.8, 4) is 0 Å². The molecule has 1 aromatic carbocycles. The Kier molecular flexibility index (Phi) is 5.73. The van der Waals surface area contributed by atoms with Crippen LogP contribution < -0.4 is 5.32 Å². The third-order valence-corrected chi connectivity index (χ3v) is 4.23. The maximum atomic E-state index is 12.0. The fraction of sp³-hybridized carbons (Fsp3) is 0.500. The molecular formula is C14H19BrN2OS. The number of benzene rings is 1. The lowest BCUT2D eigenvalue weighted by Crippen LogP contribution is -2.37. The number of amides is 1. The monoisotopic (exact) mass is 342 g/mol. The molecule has 0 saturated carbocycles. The third kappa shape index (κ3) is 4.51. The molecule has 1 aliphatic rings. The second-order valence-electron chi connectivity index (χ2n) is 4.82. The van der Waals surface area contributed by atoms with E-state index in [4.69, 9.17) is 0 Å². The fourth-order valence-corrected chi connectivity index (χ4v) is 3.16. The van der Waals surface area contributed by atoms with Crippen molar-refractivity contribution in [2.24, 2.45) is 0 Å². The van der Waals surface area contributed by atoms with Gasteiger partial charge in [0.25, 0.3) is 5.91 Å². The first-order valence-electron chi connectivity index (χ1n) is 6.66. The van der Waals surface area contributed by atoms with E-state index in [0.717, 1.165) is 24.1 Å². The standard InChI is InChI=1S/C14H19BrN2OS/c15-11-4-5-12(13(19)10-11)14(18)16-6-9-17-7-2-1-3-8-17/h4-5,10,19H,1-3,6-9H2,(H,16,18). The highest BCUT2D eigenvalue weighted by molar-refractivity contribution is 9.10. The van der Waals surface area contributed by atoms with E-state index in [-0.39, 0.29) is 5.91 Å². The molecule has 1 fully saturated rings. The minimum absolute atomic E-state index is 0.0468. The lowest BCUT2D eigenvalue weighted by Gasteiger charge is -2.26. The van der Waals surface area contributed by atoms with Crippen LogP contribution in [0.5, 0.6) is 0 Å². The summed E-state index contributed by atoms with van der Waals surface area (Å²) in [6.45, 7) is 3.95. The SMILES string of the molecule is O=C(NCCN1CCCCC1)c1ccc(Br)cc1S. The zero-order valence-corrected chi connectivity index (χ0v) is 13.3. The number of carbonyl (C=O) groups excluding carboxylic acids is 1. The zero-order valence-electron chi connectivity index (χ0n) is 10.9. The van der Waals surface area contributed by atoms with E-state index in [1.54, 1.807) is 6.07 Å². The molecule has 1 saturated heterocycles. The second kappa shape index (κ2) is 7.31. The summed E-state index contributed by atoms with van der Waals surface area (Å²) in [6, 6.07) is 5.49. The summed E-state index contributed by atoms with van der Waals surface area (Å²) in [5.74, 6) is -0.0468. The van der Waals surface area contributed by atoms with Crippen molar-refractivity contribution >= 4 is 34.5 Å². The number of hydrogen-bond donors (Lipinski definition) is 2. The molecule has 2 rings (SSSR count). The predicted octanol–water partition coefficient (Wildman–Crippen LogP) is 2.95. The molecule has 19 heavy (non-hydrogen) atoms. The number of rotatable bonds is 4. The average molecular weight is 343 g/mol. The fourth-order valence-electron chi connectivity index (χ4n) is 2.30. The van der Waals surface area contributed by atoms with Gasteiger partial charge in [-0.15, -0.1) is 12.6 Å². The number of piperidine rings is 1. The molecule has 1 aromatic rings. The molecule has 0 aromatic heterocycles. The summed E-state index contributed by atoms with van der Waals surface area (Å²) in [6.07, 6.45) is 3.90. The predicted molar refractivity (Wildman–Crippen MR) is 84.0 cm³/mol. The topological polar surface area (TPSA) is 32.3 Å². The van der Waals surface area contributed by atoms with E-state index in [1.807, 2.05) is 12.1 Å². The molecule has 5 heteroatoms. The molecule has 0 atom stereocenters. The molecule has 1 heterocycles. The summed E-state index contributed by atoms with van der Waals surface area (Å²) >= 11 is 7.69. The van der Waals surface area contributed by atoms with Crippen molar-refractivity contribution in [2.75, 3.05) is 26.2 Å². The van der Waals surface area contributed by atoms with Crippen molar-refractivity contribution in [1.82, 2.24) is 10.2 Å². The van der Waals surface area contributed by atoms with E-state index >= 15 is 0 Å². The number of thiol groups is 1. The van der Waals surface area contributed by atoms with Crippen molar-refractivity contribution in [1.29, 1.82) is 0 Å². The maximum absolute atomic E-state index is 12.0. The van der Waals surface area contributed by atoms with Gasteiger partial charge in [0, 0.05) is 22.5 Å². The van der Waals surface area contributed by atoms with Gasteiger partial charge in [0.2, 0.25) is 0 Å². The second-order valence-corrected chi connectivity index (χ2v) is 6.22. The summed E-state index contributed by atoms with van der Waals surface area (Å²) in [5.41, 5.74) is 0.630. The Morgan fingerprint density at radius 3 is 2.74 bits per heavy atom. The van der Waals surface area contributed by atoms with E-state index < -0.39 is 0 Å². The van der Waals surface area contributed by atoms with Crippen LogP contribution in [0.1, 0.15) is 29.6 Å². The number of halogens is 1. The van der Waals surface area contributed by atoms with Gasteiger partial charge in [-0.05, 0) is 44.1 Å². The number of likely N-dealkylation sites (tertiary alicyclic amines) is 1. The van der Waals surface area contributed by atoms with Crippen molar-refractivity contribution in [3.63, 3.8) is 0 Å². The normalized spacial score (nSPS) is 16.3. The van der Waals surface area contributed by atoms with Gasteiger partial charge in [0.1, 0.15) is 0 Å². The first kappa shape index (κ1) is 14.9. The van der Waals surface area contributed by atoms with Crippen LogP contribution in [-0.4, -0.2) is 37.0 Å². The highest BCUT2D eigenvalue weighted by atomic mass is 79.9. The van der Waals surface area contributed by atoms with Gasteiger partial charge >= 0.3 is 0 Å². The van der Waals surface area contributed by atoms with Crippen LogP contribution >= 0.6 is 28.6 Å². The lowest BCUT2D eigenvalue weighted by atomic mass is 10.1. The van der Waals surface area contributed by atoms with Crippen LogP contribution in [0.4, 0.5) is 0 Å². The minimum atomic E-state index is -0.0468. The van der Waals surface area contributed by atoms with Crippen LogP contribution in [0.3, 0.4) is 0 Å². The lowest BCUT2D eigenvalue weighted by molar-refractivity contribution is 0.0943. The molecule has 0 unspecified atom stereocenters. The van der Waals surface area contributed by atoms with Crippen LogP contribution in [0, 0.1) is 0 Å². The van der Waals surface area contributed by atoms with Gasteiger partial charge in [-0.2, -0.15) is 0 Å². The molecule has 3 nitrogen and oxygen atoms in total. The average Bonchev–Trinajstić information content (AvgIpc) is 2.39. The summed E-state index contributed by atoms with van der Waals surface area (Å²) < 4.78 is 0.933. The first-order chi connectivity index (χ1) is 9.16. The molecule has 1 N–H and O–H groups in total. The van der Waals surface area contributed by atoms with Gasteiger partial charge in [-0.3, -0.25) is 4.79 Å². The maximum Gasteiger partial charge on any atom is 0.252 e. The number of carbonyl (C=O) groups is 1. The molecule has 0 aliphatic carbocycles. The van der Waals surface area contributed by atoms with Gasteiger partial charge in [0.15, 0.2) is 0 Å². The Morgan fingerprint density at radius 2 is 2.05 bits per heavy atom. The zero-order chi connectivity index (χ0) is 13.7. The molecule has 0 spiro atoms. The Bertz CT molecular complexity index is 447.